The van der Waals surface area contributed by atoms with Crippen LogP contribution in [0.25, 0.3) is 0 Å². The zero-order valence-electron chi connectivity index (χ0n) is 12.2. The highest BCUT2D eigenvalue weighted by atomic mass is 16.5. The van der Waals surface area contributed by atoms with Crippen LogP contribution in [0.2, 0.25) is 0 Å². The number of amides is 3. The third-order valence-corrected chi connectivity index (χ3v) is 3.18. The Morgan fingerprint density at radius 1 is 1.41 bits per heavy atom. The van der Waals surface area contributed by atoms with Crippen molar-refractivity contribution in [1.29, 1.82) is 0 Å². The van der Waals surface area contributed by atoms with E-state index in [1.807, 2.05) is 0 Å². The van der Waals surface area contributed by atoms with Crippen LogP contribution >= 0.6 is 0 Å². The van der Waals surface area contributed by atoms with E-state index in [2.05, 4.69) is 5.32 Å². The van der Waals surface area contributed by atoms with Gasteiger partial charge < -0.3 is 19.9 Å². The van der Waals surface area contributed by atoms with Crippen LogP contribution < -0.4 is 10.1 Å². The lowest BCUT2D eigenvalue weighted by atomic mass is 10.2. The van der Waals surface area contributed by atoms with Crippen LogP contribution in [0.5, 0.6) is 11.5 Å². The Hall–Kier alpha value is -2.77. The van der Waals surface area contributed by atoms with Crippen LogP contribution in [0.1, 0.15) is 17.3 Å². The van der Waals surface area contributed by atoms with Crippen LogP contribution in [-0.2, 0) is 9.53 Å². The molecule has 0 saturated carbocycles. The Labute approximate surface area is 126 Å². The van der Waals surface area contributed by atoms with E-state index in [4.69, 9.17) is 9.47 Å². The molecule has 22 heavy (non-hydrogen) atoms. The number of carbonyl (C=O) groups is 3. The normalized spacial score (nSPS) is 15.2. The van der Waals surface area contributed by atoms with Crippen molar-refractivity contribution in [2.45, 2.75) is 13.0 Å². The maximum Gasteiger partial charge on any atom is 0.342 e. The maximum atomic E-state index is 12.0. The Kier molecular flexibility index (Phi) is 4.50. The lowest BCUT2D eigenvalue weighted by molar-refractivity contribution is -0.136. The van der Waals surface area contributed by atoms with Gasteiger partial charge in [0.2, 0.25) is 0 Å². The molecule has 1 aliphatic rings. The minimum absolute atomic E-state index is 0.0914. The molecule has 1 atom stereocenters. The summed E-state index contributed by atoms with van der Waals surface area (Å²) in [6.45, 7) is 1.96. The maximum absolute atomic E-state index is 12.0. The highest BCUT2D eigenvalue weighted by Gasteiger charge is 2.32. The van der Waals surface area contributed by atoms with Crippen molar-refractivity contribution in [2.24, 2.45) is 0 Å². The summed E-state index contributed by atoms with van der Waals surface area (Å²) in [4.78, 5) is 36.4. The molecule has 0 radical (unpaired) electrons. The topological polar surface area (TPSA) is 105 Å². The monoisotopic (exact) mass is 308 g/mol. The van der Waals surface area contributed by atoms with E-state index in [1.54, 1.807) is 0 Å². The van der Waals surface area contributed by atoms with Gasteiger partial charge >= 0.3 is 12.0 Å². The minimum atomic E-state index is -1.14. The number of phenolic OH excluding ortho intramolecular Hbond substituents is 1. The molecule has 0 unspecified atom stereocenters. The van der Waals surface area contributed by atoms with Crippen molar-refractivity contribution in [3.05, 3.63) is 23.8 Å². The molecule has 8 heteroatoms. The first-order chi connectivity index (χ1) is 10.4. The lowest BCUT2D eigenvalue weighted by Crippen LogP contribution is -2.41. The van der Waals surface area contributed by atoms with Gasteiger partial charge in [-0.1, -0.05) is 0 Å². The molecule has 2 N–H and O–H groups in total. The standard InChI is InChI=1S/C14H16N2O6/c1-8(12(18)16-6-5-15-14(16)20)22-13(19)10-4-3-9(21-2)7-11(10)17/h3-4,7-8,17H,5-6H2,1-2H3,(H,15,20)/t8-/m0/s1. The van der Waals surface area contributed by atoms with Gasteiger partial charge in [0, 0.05) is 19.2 Å². The van der Waals surface area contributed by atoms with Crippen molar-refractivity contribution in [1.82, 2.24) is 10.2 Å². The molecule has 1 heterocycles. The molecule has 3 amide bonds. The van der Waals surface area contributed by atoms with Gasteiger partial charge in [0.1, 0.15) is 17.1 Å². The average molecular weight is 308 g/mol. The summed E-state index contributed by atoms with van der Waals surface area (Å²) in [5, 5.41) is 12.2. The number of hydrogen-bond acceptors (Lipinski definition) is 6. The number of hydrogen-bond donors (Lipinski definition) is 2. The molecule has 1 aromatic rings. The second-order valence-corrected chi connectivity index (χ2v) is 4.65. The Bertz CT molecular complexity index is 615. The summed E-state index contributed by atoms with van der Waals surface area (Å²) in [6, 6.07) is 3.56. The van der Waals surface area contributed by atoms with Gasteiger partial charge in [-0.15, -0.1) is 0 Å². The molecule has 1 aromatic carbocycles. The van der Waals surface area contributed by atoms with E-state index in [1.165, 1.54) is 32.2 Å². The van der Waals surface area contributed by atoms with Crippen LogP contribution in [0.3, 0.4) is 0 Å². The number of rotatable bonds is 4. The summed E-state index contributed by atoms with van der Waals surface area (Å²) in [6.07, 6.45) is -1.14. The van der Waals surface area contributed by atoms with Gasteiger partial charge in [-0.05, 0) is 19.1 Å². The summed E-state index contributed by atoms with van der Waals surface area (Å²) in [5.41, 5.74) is -0.0914. The largest absolute Gasteiger partial charge is 0.507 e. The number of benzene rings is 1. The number of imide groups is 1. The van der Waals surface area contributed by atoms with Gasteiger partial charge in [-0.2, -0.15) is 0 Å². The van der Waals surface area contributed by atoms with E-state index in [-0.39, 0.29) is 17.9 Å². The SMILES string of the molecule is COc1ccc(C(=O)O[C@@H](C)C(=O)N2CCNC2=O)c(O)c1. The number of nitrogens with one attached hydrogen (secondary N) is 1. The van der Waals surface area contributed by atoms with E-state index in [0.717, 1.165) is 4.90 Å². The molecule has 1 aliphatic heterocycles. The van der Waals surface area contributed by atoms with E-state index in [0.29, 0.717) is 12.3 Å². The number of nitrogens with zero attached hydrogens (tertiary/aromatic N) is 1. The number of phenols is 1. The van der Waals surface area contributed by atoms with E-state index < -0.39 is 24.0 Å². The van der Waals surface area contributed by atoms with Gasteiger partial charge in [0.25, 0.3) is 5.91 Å². The third-order valence-electron chi connectivity index (χ3n) is 3.18. The number of ether oxygens (including phenoxy) is 2. The number of urea groups is 1. The van der Waals surface area contributed by atoms with Crippen LogP contribution in [0.4, 0.5) is 4.79 Å². The van der Waals surface area contributed by atoms with Crippen LogP contribution in [-0.4, -0.2) is 54.2 Å². The highest BCUT2D eigenvalue weighted by Crippen LogP contribution is 2.24. The van der Waals surface area contributed by atoms with Crippen molar-refractivity contribution in [3.63, 3.8) is 0 Å². The molecule has 0 bridgehead atoms. The second kappa shape index (κ2) is 6.33. The first-order valence-corrected chi connectivity index (χ1v) is 6.61. The fraction of sp³-hybridized carbons (Fsp3) is 0.357. The number of carbonyl (C=O) groups excluding carboxylic acids is 3. The fourth-order valence-corrected chi connectivity index (χ4v) is 1.99. The molecular weight excluding hydrogens is 292 g/mol. The van der Waals surface area contributed by atoms with Gasteiger partial charge in [0.05, 0.1) is 7.11 Å². The number of aromatic hydroxyl groups is 1. The number of esters is 1. The van der Waals surface area contributed by atoms with Crippen molar-refractivity contribution in [2.75, 3.05) is 20.2 Å². The molecule has 8 nitrogen and oxygen atoms in total. The summed E-state index contributed by atoms with van der Waals surface area (Å²) in [7, 11) is 1.43. The number of methoxy groups -OCH3 is 1. The zero-order valence-corrected chi connectivity index (χ0v) is 12.2. The summed E-state index contributed by atoms with van der Waals surface area (Å²) < 4.78 is 9.91. The zero-order chi connectivity index (χ0) is 16.3. The molecule has 1 fully saturated rings. The van der Waals surface area contributed by atoms with Crippen LogP contribution in [0, 0.1) is 0 Å². The van der Waals surface area contributed by atoms with Crippen molar-refractivity contribution in [3.8, 4) is 11.5 Å². The fourth-order valence-electron chi connectivity index (χ4n) is 1.99. The molecule has 0 aliphatic carbocycles. The summed E-state index contributed by atoms with van der Waals surface area (Å²) in [5.74, 6) is -1.41. The first-order valence-electron chi connectivity index (χ1n) is 6.61. The average Bonchev–Trinajstić information content (AvgIpc) is 2.92. The van der Waals surface area contributed by atoms with Gasteiger partial charge in [-0.3, -0.25) is 9.69 Å². The molecule has 2 rings (SSSR count). The van der Waals surface area contributed by atoms with E-state index in [9.17, 15) is 19.5 Å². The predicted molar refractivity (Wildman–Crippen MR) is 74.6 cm³/mol. The van der Waals surface area contributed by atoms with Gasteiger partial charge in [0.15, 0.2) is 6.10 Å². The van der Waals surface area contributed by atoms with Crippen molar-refractivity contribution >= 4 is 17.9 Å². The third kappa shape index (κ3) is 3.11. The Morgan fingerprint density at radius 3 is 2.68 bits per heavy atom. The Morgan fingerprint density at radius 2 is 2.14 bits per heavy atom. The first kappa shape index (κ1) is 15.6. The lowest BCUT2D eigenvalue weighted by Gasteiger charge is -2.18. The quantitative estimate of drug-likeness (QED) is 0.785. The summed E-state index contributed by atoms with van der Waals surface area (Å²) >= 11 is 0. The predicted octanol–water partition coefficient (Wildman–Crippen LogP) is 0.498. The molecule has 0 spiro atoms. The minimum Gasteiger partial charge on any atom is -0.507 e. The molecule has 118 valence electrons. The Balaban J connectivity index is 2.05. The second-order valence-electron chi connectivity index (χ2n) is 4.65. The molecular formula is C14H16N2O6. The highest BCUT2D eigenvalue weighted by molar-refractivity contribution is 6.00. The van der Waals surface area contributed by atoms with Gasteiger partial charge in [-0.25, -0.2) is 9.59 Å². The van der Waals surface area contributed by atoms with Crippen molar-refractivity contribution < 1.29 is 29.0 Å². The van der Waals surface area contributed by atoms with E-state index >= 15 is 0 Å². The van der Waals surface area contributed by atoms with Crippen LogP contribution in [0.15, 0.2) is 18.2 Å². The smallest absolute Gasteiger partial charge is 0.342 e. The molecule has 0 aromatic heterocycles. The molecule has 1 saturated heterocycles.